The zero-order chi connectivity index (χ0) is 17.6. The van der Waals surface area contributed by atoms with Gasteiger partial charge in [0.05, 0.1) is 5.57 Å². The molecule has 0 aromatic heterocycles. The molecule has 1 aliphatic carbocycles. The summed E-state index contributed by atoms with van der Waals surface area (Å²) in [7, 11) is 2.14. The maximum Gasteiger partial charge on any atom is 0.168 e. The Hall–Kier alpha value is -1.98. The van der Waals surface area contributed by atoms with Gasteiger partial charge in [-0.2, -0.15) is 0 Å². The molecular weight excluding hydrogens is 314 g/mol. The van der Waals surface area contributed by atoms with Crippen LogP contribution in [0.3, 0.4) is 0 Å². The highest BCUT2D eigenvalue weighted by Crippen LogP contribution is 2.31. The molecule has 25 heavy (non-hydrogen) atoms. The number of carbonyl (C=O) groups is 2. The van der Waals surface area contributed by atoms with Crippen molar-refractivity contribution in [1.82, 2.24) is 15.1 Å². The number of nitrogens with zero attached hydrogens (tertiary/aromatic N) is 2. The van der Waals surface area contributed by atoms with Crippen molar-refractivity contribution in [1.29, 1.82) is 0 Å². The summed E-state index contributed by atoms with van der Waals surface area (Å²) in [6.07, 6.45) is 2.48. The highest BCUT2D eigenvalue weighted by molar-refractivity contribution is 6.22. The molecule has 0 atom stereocenters. The molecule has 1 N–H and O–H groups in total. The van der Waals surface area contributed by atoms with E-state index in [1.54, 1.807) is 6.20 Å². The van der Waals surface area contributed by atoms with Crippen LogP contribution in [0.15, 0.2) is 42.1 Å². The third-order valence-corrected chi connectivity index (χ3v) is 5.15. The van der Waals surface area contributed by atoms with Gasteiger partial charge in [0.1, 0.15) is 0 Å². The van der Waals surface area contributed by atoms with Crippen LogP contribution < -0.4 is 5.32 Å². The van der Waals surface area contributed by atoms with Crippen LogP contribution >= 0.6 is 0 Å². The first-order valence-corrected chi connectivity index (χ1v) is 9.09. The molecule has 3 rings (SSSR count). The minimum absolute atomic E-state index is 0.0173. The number of hydrogen-bond donors (Lipinski definition) is 1. The normalized spacial score (nSPS) is 22.9. The van der Waals surface area contributed by atoms with Crippen molar-refractivity contribution in [2.75, 3.05) is 46.3 Å². The van der Waals surface area contributed by atoms with Gasteiger partial charge in [-0.25, -0.2) is 0 Å². The van der Waals surface area contributed by atoms with Crippen LogP contribution in [0, 0.1) is 0 Å². The van der Waals surface area contributed by atoms with Gasteiger partial charge in [0.25, 0.3) is 0 Å². The number of nitrogens with one attached hydrogen (secondary N) is 1. The lowest BCUT2D eigenvalue weighted by Gasteiger charge is -2.32. The fourth-order valence-electron chi connectivity index (χ4n) is 3.49. The monoisotopic (exact) mass is 341 g/mol. The van der Waals surface area contributed by atoms with Crippen molar-refractivity contribution in [3.63, 3.8) is 0 Å². The molecule has 0 spiro atoms. The highest BCUT2D eigenvalue weighted by atomic mass is 16.1. The van der Waals surface area contributed by atoms with Gasteiger partial charge in [-0.1, -0.05) is 30.3 Å². The van der Waals surface area contributed by atoms with Crippen molar-refractivity contribution < 1.29 is 9.59 Å². The molecule has 0 amide bonds. The Morgan fingerprint density at radius 1 is 1.04 bits per heavy atom. The number of hydrogen-bond acceptors (Lipinski definition) is 5. The molecule has 2 aliphatic rings. The molecule has 0 bridgehead atoms. The molecule has 1 heterocycles. The lowest BCUT2D eigenvalue weighted by Crippen LogP contribution is -2.46. The zero-order valence-electron chi connectivity index (χ0n) is 14.9. The Morgan fingerprint density at radius 2 is 1.68 bits per heavy atom. The number of carbonyl (C=O) groups excluding carboxylic acids is 2. The molecule has 1 aromatic carbocycles. The highest BCUT2D eigenvalue weighted by Gasteiger charge is 2.31. The smallest absolute Gasteiger partial charge is 0.168 e. The first-order chi connectivity index (χ1) is 12.1. The van der Waals surface area contributed by atoms with E-state index < -0.39 is 0 Å². The zero-order valence-corrected chi connectivity index (χ0v) is 14.9. The summed E-state index contributed by atoms with van der Waals surface area (Å²) in [6.45, 7) is 6.04. The van der Waals surface area contributed by atoms with Crippen LogP contribution in [0.2, 0.25) is 0 Å². The van der Waals surface area contributed by atoms with Crippen molar-refractivity contribution in [2.45, 2.75) is 18.8 Å². The number of piperazine rings is 1. The van der Waals surface area contributed by atoms with Crippen LogP contribution in [-0.4, -0.2) is 67.7 Å². The van der Waals surface area contributed by atoms with E-state index in [0.29, 0.717) is 18.4 Å². The number of allylic oxidation sites excluding steroid dienone is 1. The molecule has 0 unspecified atom stereocenters. The SMILES string of the molecule is CN1CCN(CCNC=C2C(=O)CC(c3ccccc3)CC2=O)CC1. The third-order valence-electron chi connectivity index (χ3n) is 5.15. The van der Waals surface area contributed by atoms with Gasteiger partial charge in [-0.15, -0.1) is 0 Å². The molecule has 5 nitrogen and oxygen atoms in total. The maximum atomic E-state index is 12.4. The van der Waals surface area contributed by atoms with Gasteiger partial charge < -0.3 is 10.2 Å². The number of benzene rings is 1. The van der Waals surface area contributed by atoms with Crippen LogP contribution in [0.25, 0.3) is 0 Å². The molecule has 0 radical (unpaired) electrons. The topological polar surface area (TPSA) is 52.6 Å². The molecular formula is C20H27N3O2. The summed E-state index contributed by atoms with van der Waals surface area (Å²) in [5.74, 6) is -0.0712. The molecule has 5 heteroatoms. The molecule has 134 valence electrons. The van der Waals surface area contributed by atoms with Crippen LogP contribution in [0.4, 0.5) is 0 Å². The Labute approximate surface area is 149 Å². The number of ketones is 2. The molecule has 1 aromatic rings. The van der Waals surface area contributed by atoms with Crippen LogP contribution in [0.1, 0.15) is 24.3 Å². The first-order valence-electron chi connectivity index (χ1n) is 9.09. The Morgan fingerprint density at radius 3 is 2.32 bits per heavy atom. The second kappa shape index (κ2) is 8.41. The Bertz CT molecular complexity index is 614. The van der Waals surface area contributed by atoms with Crippen molar-refractivity contribution in [3.05, 3.63) is 47.7 Å². The predicted molar refractivity (Wildman–Crippen MR) is 98.5 cm³/mol. The fraction of sp³-hybridized carbons (Fsp3) is 0.500. The lowest BCUT2D eigenvalue weighted by molar-refractivity contribution is -0.124. The van der Waals surface area contributed by atoms with Crippen molar-refractivity contribution in [3.8, 4) is 0 Å². The second-order valence-corrected chi connectivity index (χ2v) is 7.02. The van der Waals surface area contributed by atoms with Gasteiger partial charge >= 0.3 is 0 Å². The molecule has 1 aliphatic heterocycles. The van der Waals surface area contributed by atoms with E-state index in [1.165, 1.54) is 0 Å². The minimum atomic E-state index is -0.0443. The summed E-state index contributed by atoms with van der Waals surface area (Å²) in [5, 5.41) is 3.17. The lowest BCUT2D eigenvalue weighted by atomic mass is 9.80. The number of Topliss-reactive ketones (excluding diaryl/α,β-unsaturated/α-hetero) is 2. The van der Waals surface area contributed by atoms with E-state index in [9.17, 15) is 9.59 Å². The quantitative estimate of drug-likeness (QED) is 0.499. The second-order valence-electron chi connectivity index (χ2n) is 7.02. The standard InChI is InChI=1S/C20H27N3O2/c1-22-9-11-23(12-10-22)8-7-21-15-18-19(24)13-17(14-20(18)25)16-5-3-2-4-6-16/h2-6,15,17,21H,7-14H2,1H3. The number of likely N-dealkylation sites (N-methyl/N-ethyl adjacent to an activating group) is 1. The van der Waals surface area contributed by atoms with E-state index >= 15 is 0 Å². The van der Waals surface area contributed by atoms with E-state index in [0.717, 1.165) is 44.8 Å². The molecule has 2 fully saturated rings. The van der Waals surface area contributed by atoms with Crippen LogP contribution in [0.5, 0.6) is 0 Å². The summed E-state index contributed by atoms with van der Waals surface area (Å²) in [6, 6.07) is 9.85. The summed E-state index contributed by atoms with van der Waals surface area (Å²) < 4.78 is 0. The van der Waals surface area contributed by atoms with Gasteiger partial charge in [0.15, 0.2) is 11.6 Å². The average Bonchev–Trinajstić information content (AvgIpc) is 2.62. The van der Waals surface area contributed by atoms with Gasteiger partial charge in [0.2, 0.25) is 0 Å². The Balaban J connectivity index is 1.49. The maximum absolute atomic E-state index is 12.4. The first kappa shape index (κ1) is 17.8. The van der Waals surface area contributed by atoms with E-state index in [1.807, 2.05) is 30.3 Å². The molecule has 1 saturated carbocycles. The third kappa shape index (κ3) is 4.77. The summed E-state index contributed by atoms with van der Waals surface area (Å²) in [4.78, 5) is 29.5. The van der Waals surface area contributed by atoms with Gasteiger partial charge in [-0.05, 0) is 18.5 Å². The van der Waals surface area contributed by atoms with E-state index in [-0.39, 0.29) is 17.5 Å². The minimum Gasteiger partial charge on any atom is -0.389 e. The largest absolute Gasteiger partial charge is 0.389 e. The summed E-state index contributed by atoms with van der Waals surface area (Å²) in [5.41, 5.74) is 1.41. The molecule has 1 saturated heterocycles. The Kier molecular flexibility index (Phi) is 6.00. The fourth-order valence-corrected chi connectivity index (χ4v) is 3.49. The predicted octanol–water partition coefficient (Wildman–Crippen LogP) is 1.42. The number of rotatable bonds is 5. The van der Waals surface area contributed by atoms with E-state index in [2.05, 4.69) is 22.2 Å². The average molecular weight is 341 g/mol. The van der Waals surface area contributed by atoms with Gasteiger partial charge in [-0.3, -0.25) is 14.5 Å². The van der Waals surface area contributed by atoms with E-state index in [4.69, 9.17) is 0 Å². The van der Waals surface area contributed by atoms with Crippen molar-refractivity contribution >= 4 is 11.6 Å². The van der Waals surface area contributed by atoms with Gasteiger partial charge in [0, 0.05) is 58.3 Å². The van der Waals surface area contributed by atoms with Crippen molar-refractivity contribution in [2.24, 2.45) is 0 Å². The summed E-state index contributed by atoms with van der Waals surface area (Å²) >= 11 is 0. The van der Waals surface area contributed by atoms with Crippen LogP contribution in [-0.2, 0) is 9.59 Å².